The van der Waals surface area contributed by atoms with Gasteiger partial charge < -0.3 is 0 Å². The molecule has 0 spiro atoms. The van der Waals surface area contributed by atoms with E-state index in [4.69, 9.17) is 5.26 Å². The maximum atomic E-state index is 13.7. The zero-order valence-corrected chi connectivity index (χ0v) is 11.0. The highest BCUT2D eigenvalue weighted by Crippen LogP contribution is 2.27. The van der Waals surface area contributed by atoms with Crippen LogP contribution in [0, 0.1) is 17.1 Å². The molecular formula is C15H18FN3. The van der Waals surface area contributed by atoms with E-state index in [1.165, 1.54) is 25.0 Å². The second-order valence-electron chi connectivity index (χ2n) is 5.46. The first-order valence-corrected chi connectivity index (χ1v) is 6.91. The molecule has 1 aromatic carbocycles. The molecule has 100 valence electrons. The van der Waals surface area contributed by atoms with Crippen LogP contribution >= 0.6 is 0 Å². The molecule has 0 unspecified atom stereocenters. The largest absolute Gasteiger partial charge is 0.298 e. The third kappa shape index (κ3) is 2.94. The Labute approximate surface area is 113 Å². The predicted octanol–water partition coefficient (Wildman–Crippen LogP) is 1.98. The van der Waals surface area contributed by atoms with E-state index in [-0.39, 0.29) is 5.82 Å². The van der Waals surface area contributed by atoms with Gasteiger partial charge in [-0.3, -0.25) is 9.80 Å². The molecular weight excluding hydrogens is 241 g/mol. The van der Waals surface area contributed by atoms with E-state index in [2.05, 4.69) is 15.9 Å². The monoisotopic (exact) mass is 259 g/mol. The van der Waals surface area contributed by atoms with Crippen molar-refractivity contribution in [2.75, 3.05) is 26.2 Å². The maximum Gasteiger partial charge on any atom is 0.127 e. The predicted molar refractivity (Wildman–Crippen MR) is 71.0 cm³/mol. The van der Waals surface area contributed by atoms with Crippen molar-refractivity contribution in [3.8, 4) is 6.07 Å². The van der Waals surface area contributed by atoms with Gasteiger partial charge in [0.2, 0.25) is 0 Å². The van der Waals surface area contributed by atoms with Gasteiger partial charge in [0.05, 0.1) is 11.6 Å². The van der Waals surface area contributed by atoms with Crippen molar-refractivity contribution < 1.29 is 4.39 Å². The van der Waals surface area contributed by atoms with E-state index in [1.807, 2.05) is 0 Å². The van der Waals surface area contributed by atoms with Gasteiger partial charge in [0, 0.05) is 44.3 Å². The van der Waals surface area contributed by atoms with Gasteiger partial charge in [0.1, 0.15) is 5.82 Å². The molecule has 0 bridgehead atoms. The average molecular weight is 259 g/mol. The van der Waals surface area contributed by atoms with Crippen molar-refractivity contribution in [2.45, 2.75) is 25.4 Å². The van der Waals surface area contributed by atoms with E-state index < -0.39 is 0 Å². The molecule has 1 saturated heterocycles. The van der Waals surface area contributed by atoms with Gasteiger partial charge in [0.15, 0.2) is 0 Å². The highest BCUT2D eigenvalue weighted by molar-refractivity contribution is 5.33. The highest BCUT2D eigenvalue weighted by Gasteiger charge is 2.31. The number of benzene rings is 1. The van der Waals surface area contributed by atoms with Gasteiger partial charge in [0.25, 0.3) is 0 Å². The molecule has 2 aliphatic rings. The zero-order valence-electron chi connectivity index (χ0n) is 11.0. The number of halogens is 1. The second kappa shape index (κ2) is 5.28. The quantitative estimate of drug-likeness (QED) is 0.831. The minimum Gasteiger partial charge on any atom is -0.298 e. The summed E-state index contributed by atoms with van der Waals surface area (Å²) in [6, 6.07) is 7.49. The molecule has 1 aromatic rings. The van der Waals surface area contributed by atoms with Crippen molar-refractivity contribution in [1.82, 2.24) is 9.80 Å². The summed E-state index contributed by atoms with van der Waals surface area (Å²) < 4.78 is 13.7. The summed E-state index contributed by atoms with van der Waals surface area (Å²) in [6.07, 6.45) is 2.69. The van der Waals surface area contributed by atoms with Crippen LogP contribution in [0.25, 0.3) is 0 Å². The second-order valence-corrected chi connectivity index (χ2v) is 5.46. The van der Waals surface area contributed by atoms with Crippen LogP contribution in [0.3, 0.4) is 0 Å². The zero-order chi connectivity index (χ0) is 13.2. The maximum absolute atomic E-state index is 13.7. The van der Waals surface area contributed by atoms with Gasteiger partial charge in [-0.2, -0.15) is 5.26 Å². The van der Waals surface area contributed by atoms with Gasteiger partial charge >= 0.3 is 0 Å². The molecule has 4 heteroatoms. The van der Waals surface area contributed by atoms with Crippen molar-refractivity contribution >= 4 is 0 Å². The van der Waals surface area contributed by atoms with Crippen LogP contribution < -0.4 is 0 Å². The Bertz CT molecular complexity index is 497. The lowest BCUT2D eigenvalue weighted by molar-refractivity contribution is 0.120. The number of rotatable bonds is 3. The topological polar surface area (TPSA) is 30.3 Å². The minimum atomic E-state index is -0.205. The molecule has 1 aliphatic heterocycles. The normalized spacial score (nSPS) is 21.3. The number of nitriles is 1. The Hall–Kier alpha value is -1.44. The van der Waals surface area contributed by atoms with Crippen molar-refractivity contribution in [1.29, 1.82) is 5.26 Å². The lowest BCUT2D eigenvalue weighted by Gasteiger charge is -2.34. The van der Waals surface area contributed by atoms with Gasteiger partial charge in [-0.05, 0) is 31.0 Å². The first kappa shape index (κ1) is 12.6. The van der Waals surface area contributed by atoms with E-state index in [9.17, 15) is 4.39 Å². The van der Waals surface area contributed by atoms with Gasteiger partial charge in [-0.15, -0.1) is 0 Å². The Morgan fingerprint density at radius 1 is 1.21 bits per heavy atom. The summed E-state index contributed by atoms with van der Waals surface area (Å²) in [7, 11) is 0. The molecule has 1 saturated carbocycles. The first-order chi connectivity index (χ1) is 9.26. The Balaban J connectivity index is 1.61. The van der Waals surface area contributed by atoms with Crippen LogP contribution in [0.4, 0.5) is 4.39 Å². The summed E-state index contributed by atoms with van der Waals surface area (Å²) in [5.74, 6) is -0.205. The number of piperazine rings is 1. The summed E-state index contributed by atoms with van der Waals surface area (Å²) in [4.78, 5) is 4.82. The third-order valence-corrected chi connectivity index (χ3v) is 4.04. The molecule has 3 nitrogen and oxygen atoms in total. The third-order valence-electron chi connectivity index (χ3n) is 4.04. The molecule has 0 atom stereocenters. The van der Waals surface area contributed by atoms with Crippen LogP contribution in [0.5, 0.6) is 0 Å². The van der Waals surface area contributed by atoms with E-state index in [0.717, 1.165) is 32.2 Å². The van der Waals surface area contributed by atoms with Gasteiger partial charge in [-0.25, -0.2) is 4.39 Å². The van der Waals surface area contributed by atoms with E-state index >= 15 is 0 Å². The molecule has 1 heterocycles. The Morgan fingerprint density at radius 3 is 2.58 bits per heavy atom. The van der Waals surface area contributed by atoms with Crippen LogP contribution in [0.1, 0.15) is 24.0 Å². The summed E-state index contributed by atoms with van der Waals surface area (Å²) >= 11 is 0. The molecule has 2 fully saturated rings. The molecule has 0 amide bonds. The Kier molecular flexibility index (Phi) is 3.50. The molecule has 3 rings (SSSR count). The number of hydrogen-bond acceptors (Lipinski definition) is 3. The fourth-order valence-electron chi connectivity index (χ4n) is 2.73. The molecule has 0 radical (unpaired) electrons. The summed E-state index contributed by atoms with van der Waals surface area (Å²) in [5.41, 5.74) is 1.17. The van der Waals surface area contributed by atoms with Crippen LogP contribution in [0.2, 0.25) is 0 Å². The average Bonchev–Trinajstić information content (AvgIpc) is 3.27. The van der Waals surface area contributed by atoms with Crippen molar-refractivity contribution in [2.24, 2.45) is 0 Å². The van der Waals surface area contributed by atoms with Gasteiger partial charge in [-0.1, -0.05) is 0 Å². The van der Waals surface area contributed by atoms with Crippen LogP contribution in [-0.2, 0) is 6.54 Å². The molecule has 19 heavy (non-hydrogen) atoms. The van der Waals surface area contributed by atoms with Crippen molar-refractivity contribution in [3.05, 3.63) is 35.1 Å². The van der Waals surface area contributed by atoms with Crippen LogP contribution in [0.15, 0.2) is 18.2 Å². The van der Waals surface area contributed by atoms with E-state index in [0.29, 0.717) is 17.7 Å². The number of hydrogen-bond donors (Lipinski definition) is 0. The lowest BCUT2D eigenvalue weighted by Crippen LogP contribution is -2.46. The SMILES string of the molecule is N#Cc1ccc(F)c(CN2CCN(C3CC3)CC2)c1. The molecule has 0 N–H and O–H groups in total. The van der Waals surface area contributed by atoms with Crippen LogP contribution in [-0.4, -0.2) is 42.0 Å². The number of nitrogens with zero attached hydrogens (tertiary/aromatic N) is 3. The standard InChI is InChI=1S/C15H18FN3/c16-15-4-1-12(10-17)9-13(15)11-18-5-7-19(8-6-18)14-2-3-14/h1,4,9,14H,2-3,5-8,11H2. The Morgan fingerprint density at radius 2 is 1.95 bits per heavy atom. The van der Waals surface area contributed by atoms with E-state index in [1.54, 1.807) is 6.07 Å². The lowest BCUT2D eigenvalue weighted by atomic mass is 10.1. The minimum absolute atomic E-state index is 0.205. The molecule has 0 aromatic heterocycles. The fraction of sp³-hybridized carbons (Fsp3) is 0.533. The first-order valence-electron chi connectivity index (χ1n) is 6.91. The summed E-state index contributed by atoms with van der Waals surface area (Å²) in [6.45, 7) is 4.77. The molecule has 1 aliphatic carbocycles. The fourth-order valence-corrected chi connectivity index (χ4v) is 2.73. The van der Waals surface area contributed by atoms with Crippen molar-refractivity contribution in [3.63, 3.8) is 0 Å². The highest BCUT2D eigenvalue weighted by atomic mass is 19.1. The summed E-state index contributed by atoms with van der Waals surface area (Å²) in [5, 5.41) is 8.87. The smallest absolute Gasteiger partial charge is 0.127 e.